The van der Waals surface area contributed by atoms with Crippen LogP contribution in [-0.2, 0) is 14.3 Å². The molecule has 0 heterocycles. The lowest BCUT2D eigenvalue weighted by atomic mass is 10.3. The van der Waals surface area contributed by atoms with Crippen LogP contribution < -0.4 is 15.4 Å². The highest BCUT2D eigenvalue weighted by atomic mass is 16.5. The molecule has 3 N–H and O–H groups in total. The van der Waals surface area contributed by atoms with Crippen molar-refractivity contribution in [3.05, 3.63) is 24.3 Å². The molecule has 21 heavy (non-hydrogen) atoms. The lowest BCUT2D eigenvalue weighted by molar-refractivity contribution is -0.136. The summed E-state index contributed by atoms with van der Waals surface area (Å²) in [6.07, 6.45) is 0. The Kier molecular flexibility index (Phi) is 7.85. The van der Waals surface area contributed by atoms with Gasteiger partial charge >= 0.3 is 11.8 Å². The molecule has 0 aromatic heterocycles. The fourth-order valence-electron chi connectivity index (χ4n) is 1.47. The molecule has 0 fully saturated rings. The number of nitrogens with one attached hydrogen (secondary N) is 2. The summed E-state index contributed by atoms with van der Waals surface area (Å²) in [5, 5.41) is 13.4. The third-order valence-corrected chi connectivity index (χ3v) is 2.40. The van der Waals surface area contributed by atoms with Gasteiger partial charge in [-0.1, -0.05) is 0 Å². The quantitative estimate of drug-likeness (QED) is 0.469. The zero-order valence-corrected chi connectivity index (χ0v) is 11.9. The van der Waals surface area contributed by atoms with Crippen LogP contribution in [0, 0.1) is 0 Å². The van der Waals surface area contributed by atoms with Gasteiger partial charge in [0.2, 0.25) is 0 Å². The van der Waals surface area contributed by atoms with Gasteiger partial charge in [0.1, 0.15) is 5.75 Å². The first-order valence-corrected chi connectivity index (χ1v) is 6.68. The minimum Gasteiger partial charge on any atom is -0.494 e. The van der Waals surface area contributed by atoms with E-state index in [0.717, 1.165) is 0 Å². The highest BCUT2D eigenvalue weighted by molar-refractivity contribution is 6.39. The van der Waals surface area contributed by atoms with Gasteiger partial charge < -0.3 is 25.2 Å². The molecule has 0 saturated heterocycles. The van der Waals surface area contributed by atoms with Crippen LogP contribution in [0.4, 0.5) is 5.69 Å². The molecular weight excluding hydrogens is 276 g/mol. The molecule has 0 saturated carbocycles. The number of carbonyl (C=O) groups excluding carboxylic acids is 2. The van der Waals surface area contributed by atoms with Crippen LogP contribution in [0.25, 0.3) is 0 Å². The summed E-state index contributed by atoms with van der Waals surface area (Å²) in [5.74, 6) is -0.793. The van der Waals surface area contributed by atoms with E-state index in [2.05, 4.69) is 10.6 Å². The second kappa shape index (κ2) is 9.73. The van der Waals surface area contributed by atoms with Crippen LogP contribution in [-0.4, -0.2) is 49.9 Å². The fraction of sp³-hybridized carbons (Fsp3) is 0.429. The van der Waals surface area contributed by atoms with Crippen LogP contribution >= 0.6 is 0 Å². The van der Waals surface area contributed by atoms with Gasteiger partial charge in [0.15, 0.2) is 0 Å². The number of aliphatic hydroxyl groups is 1. The number of rotatable bonds is 8. The zero-order chi connectivity index (χ0) is 15.5. The van der Waals surface area contributed by atoms with Crippen LogP contribution in [0.15, 0.2) is 24.3 Å². The maximum atomic E-state index is 11.6. The number of hydrogen-bond acceptors (Lipinski definition) is 5. The van der Waals surface area contributed by atoms with Gasteiger partial charge in [0.25, 0.3) is 0 Å². The minimum absolute atomic E-state index is 0.0772. The van der Waals surface area contributed by atoms with E-state index in [4.69, 9.17) is 14.6 Å². The van der Waals surface area contributed by atoms with Gasteiger partial charge in [-0.05, 0) is 31.2 Å². The molecule has 0 atom stereocenters. The van der Waals surface area contributed by atoms with Gasteiger partial charge in [0.05, 0.1) is 26.4 Å². The van der Waals surface area contributed by atoms with Gasteiger partial charge in [0, 0.05) is 12.2 Å². The van der Waals surface area contributed by atoms with Crippen LogP contribution in [0.3, 0.4) is 0 Å². The molecule has 0 unspecified atom stereocenters. The first kappa shape index (κ1) is 16.9. The van der Waals surface area contributed by atoms with Crippen molar-refractivity contribution >= 4 is 17.5 Å². The number of ether oxygens (including phenoxy) is 2. The molecule has 0 aliphatic rings. The molecule has 0 spiro atoms. The van der Waals surface area contributed by atoms with Crippen molar-refractivity contribution in [2.24, 2.45) is 0 Å². The van der Waals surface area contributed by atoms with Crippen molar-refractivity contribution in [1.82, 2.24) is 5.32 Å². The Labute approximate surface area is 123 Å². The van der Waals surface area contributed by atoms with E-state index in [1.54, 1.807) is 24.3 Å². The Morgan fingerprint density at radius 2 is 1.86 bits per heavy atom. The molecule has 1 aromatic carbocycles. The monoisotopic (exact) mass is 296 g/mol. The first-order valence-electron chi connectivity index (χ1n) is 6.68. The van der Waals surface area contributed by atoms with Crippen LogP contribution in [0.5, 0.6) is 5.75 Å². The lowest BCUT2D eigenvalue weighted by Crippen LogP contribution is -2.37. The van der Waals surface area contributed by atoms with Gasteiger partial charge in [-0.25, -0.2) is 0 Å². The van der Waals surface area contributed by atoms with Crippen molar-refractivity contribution in [2.45, 2.75) is 6.92 Å². The van der Waals surface area contributed by atoms with E-state index in [1.165, 1.54) is 0 Å². The molecule has 2 amide bonds. The highest BCUT2D eigenvalue weighted by Crippen LogP contribution is 2.15. The average Bonchev–Trinajstić information content (AvgIpc) is 2.49. The van der Waals surface area contributed by atoms with Gasteiger partial charge in [-0.15, -0.1) is 0 Å². The Morgan fingerprint density at radius 1 is 1.14 bits per heavy atom. The first-order chi connectivity index (χ1) is 10.2. The number of hydrogen-bond donors (Lipinski definition) is 3. The molecule has 0 bridgehead atoms. The topological polar surface area (TPSA) is 96.9 Å². The zero-order valence-electron chi connectivity index (χ0n) is 11.9. The largest absolute Gasteiger partial charge is 0.494 e. The summed E-state index contributed by atoms with van der Waals surface area (Å²) in [5.41, 5.74) is 0.509. The predicted octanol–water partition coefficient (Wildman–Crippen LogP) is 0.149. The molecule has 7 nitrogen and oxygen atoms in total. The van der Waals surface area contributed by atoms with Gasteiger partial charge in [-0.2, -0.15) is 0 Å². The number of benzene rings is 1. The maximum Gasteiger partial charge on any atom is 0.313 e. The summed E-state index contributed by atoms with van der Waals surface area (Å²) in [6, 6.07) is 6.72. The number of carbonyl (C=O) groups is 2. The Balaban J connectivity index is 2.32. The molecule has 1 aromatic rings. The van der Waals surface area contributed by atoms with Crippen molar-refractivity contribution < 1.29 is 24.2 Å². The van der Waals surface area contributed by atoms with Crippen molar-refractivity contribution in [2.75, 3.05) is 38.3 Å². The maximum absolute atomic E-state index is 11.6. The number of anilines is 1. The molecule has 0 radical (unpaired) electrons. The van der Waals surface area contributed by atoms with Crippen LogP contribution in [0.2, 0.25) is 0 Å². The third kappa shape index (κ3) is 6.73. The van der Waals surface area contributed by atoms with Crippen molar-refractivity contribution in [3.63, 3.8) is 0 Å². The number of amides is 2. The normalized spacial score (nSPS) is 10.0. The van der Waals surface area contributed by atoms with Crippen molar-refractivity contribution in [3.8, 4) is 5.75 Å². The molecule has 7 heteroatoms. The fourth-order valence-corrected chi connectivity index (χ4v) is 1.47. The number of aliphatic hydroxyl groups excluding tert-OH is 1. The Bertz CT molecular complexity index is 447. The van der Waals surface area contributed by atoms with E-state index in [1.807, 2.05) is 6.92 Å². The third-order valence-electron chi connectivity index (χ3n) is 2.40. The highest BCUT2D eigenvalue weighted by Gasteiger charge is 2.12. The molecule has 116 valence electrons. The van der Waals surface area contributed by atoms with Crippen molar-refractivity contribution in [1.29, 1.82) is 0 Å². The summed E-state index contributed by atoms with van der Waals surface area (Å²) >= 11 is 0. The summed E-state index contributed by atoms with van der Waals surface area (Å²) in [6.45, 7) is 3.01. The SMILES string of the molecule is CCOc1ccc(NC(=O)C(=O)NCCOCCO)cc1. The van der Waals surface area contributed by atoms with E-state index in [0.29, 0.717) is 18.0 Å². The van der Waals surface area contributed by atoms with E-state index < -0.39 is 11.8 Å². The molecular formula is C14H20N2O5. The Morgan fingerprint density at radius 3 is 2.48 bits per heavy atom. The minimum atomic E-state index is -0.749. The standard InChI is InChI=1S/C14H20N2O5/c1-2-21-12-5-3-11(4-6-12)16-14(19)13(18)15-7-9-20-10-8-17/h3-6,17H,2,7-10H2,1H3,(H,15,18)(H,16,19). The second-order valence-corrected chi connectivity index (χ2v) is 4.00. The van der Waals surface area contributed by atoms with E-state index >= 15 is 0 Å². The summed E-state index contributed by atoms with van der Waals surface area (Å²) in [7, 11) is 0. The van der Waals surface area contributed by atoms with Gasteiger partial charge in [-0.3, -0.25) is 9.59 Å². The smallest absolute Gasteiger partial charge is 0.313 e. The predicted molar refractivity (Wildman–Crippen MR) is 77.2 cm³/mol. The summed E-state index contributed by atoms with van der Waals surface area (Å²) < 4.78 is 10.2. The molecule has 0 aliphatic carbocycles. The van der Waals surface area contributed by atoms with Crippen LogP contribution in [0.1, 0.15) is 6.92 Å². The van der Waals surface area contributed by atoms with E-state index in [-0.39, 0.29) is 26.4 Å². The summed E-state index contributed by atoms with van der Waals surface area (Å²) in [4.78, 5) is 23.1. The average molecular weight is 296 g/mol. The second-order valence-electron chi connectivity index (χ2n) is 4.00. The lowest BCUT2D eigenvalue weighted by Gasteiger charge is -2.08. The molecule has 0 aliphatic heterocycles. The Hall–Kier alpha value is -2.12. The molecule has 1 rings (SSSR count). The van der Waals surface area contributed by atoms with E-state index in [9.17, 15) is 9.59 Å².